The van der Waals surface area contributed by atoms with Crippen LogP contribution >= 0.6 is 22.6 Å². The van der Waals surface area contributed by atoms with Crippen molar-refractivity contribution >= 4 is 28.5 Å². The molecule has 1 saturated heterocycles. The lowest BCUT2D eigenvalue weighted by Gasteiger charge is -2.37. The van der Waals surface area contributed by atoms with Crippen molar-refractivity contribution in [2.24, 2.45) is 5.73 Å². The second-order valence-corrected chi connectivity index (χ2v) is 7.64. The Kier molecular flexibility index (Phi) is 10.1. The molecule has 0 aromatic heterocycles. The van der Waals surface area contributed by atoms with Gasteiger partial charge in [-0.3, -0.25) is 10.5 Å². The van der Waals surface area contributed by atoms with Crippen molar-refractivity contribution in [2.75, 3.05) is 33.3 Å². The monoisotopic (exact) mass is 529 g/mol. The van der Waals surface area contributed by atoms with E-state index < -0.39 is 12.5 Å². The van der Waals surface area contributed by atoms with Crippen LogP contribution in [-0.2, 0) is 14.3 Å². The molecule has 1 aromatic carbocycles. The first-order chi connectivity index (χ1) is 14.4. The standard InChI is InChI=1S/C21H28IN3O5/c1-29-19(22)8-7-17(9-14-26)24-10-12-25(13-11-24)20(27)15-18(30-21(23)28)16-5-3-2-4-6-16/h2-9,14,18,21,26,28H,10-13,15,23H2,1H3/b14-9+,17-7+,19-8+/t18-,21?/m1/s1. The average Bonchev–Trinajstić information content (AvgIpc) is 2.76. The summed E-state index contributed by atoms with van der Waals surface area (Å²) in [7, 11) is 1.59. The molecule has 1 aromatic rings. The number of ether oxygens (including phenoxy) is 2. The van der Waals surface area contributed by atoms with Gasteiger partial charge in [0.1, 0.15) is 0 Å². The summed E-state index contributed by atoms with van der Waals surface area (Å²) in [5.41, 5.74) is 6.99. The quantitative estimate of drug-likeness (QED) is 0.195. The van der Waals surface area contributed by atoms with Gasteiger partial charge in [-0.05, 0) is 46.4 Å². The van der Waals surface area contributed by atoms with E-state index in [1.807, 2.05) is 42.5 Å². The van der Waals surface area contributed by atoms with Gasteiger partial charge in [-0.1, -0.05) is 30.3 Å². The van der Waals surface area contributed by atoms with Crippen LogP contribution in [0, 0.1) is 0 Å². The van der Waals surface area contributed by atoms with Crippen LogP contribution in [0.1, 0.15) is 18.1 Å². The van der Waals surface area contributed by atoms with E-state index in [-0.39, 0.29) is 12.3 Å². The van der Waals surface area contributed by atoms with Crippen LogP contribution < -0.4 is 5.73 Å². The molecule has 1 fully saturated rings. The Bertz CT molecular complexity index is 759. The molecule has 0 saturated carbocycles. The van der Waals surface area contributed by atoms with E-state index in [0.29, 0.717) is 26.2 Å². The largest absolute Gasteiger partial charge is 0.516 e. The Morgan fingerprint density at radius 1 is 1.20 bits per heavy atom. The molecule has 2 atom stereocenters. The Hall–Kier alpha value is -2.08. The van der Waals surface area contributed by atoms with Crippen LogP contribution in [-0.4, -0.2) is 65.6 Å². The van der Waals surface area contributed by atoms with Gasteiger partial charge in [-0.15, -0.1) is 0 Å². The summed E-state index contributed by atoms with van der Waals surface area (Å²) in [6, 6.07) is 9.24. The zero-order valence-electron chi connectivity index (χ0n) is 16.9. The number of aliphatic hydroxyl groups excluding tert-OH is 2. The highest BCUT2D eigenvalue weighted by Crippen LogP contribution is 2.23. The molecule has 0 spiro atoms. The minimum absolute atomic E-state index is 0.0683. The average molecular weight is 529 g/mol. The van der Waals surface area contributed by atoms with E-state index >= 15 is 0 Å². The molecule has 164 valence electrons. The molecule has 0 aliphatic carbocycles. The number of methoxy groups -OCH3 is 1. The number of nitrogens with zero attached hydrogens (tertiary/aromatic N) is 2. The number of hydrogen-bond donors (Lipinski definition) is 3. The number of hydrogen-bond acceptors (Lipinski definition) is 7. The smallest absolute Gasteiger partial charge is 0.225 e. The highest BCUT2D eigenvalue weighted by molar-refractivity contribution is 14.1. The zero-order chi connectivity index (χ0) is 21.9. The van der Waals surface area contributed by atoms with E-state index in [1.54, 1.807) is 18.1 Å². The van der Waals surface area contributed by atoms with Gasteiger partial charge in [-0.25, -0.2) is 0 Å². The fourth-order valence-corrected chi connectivity index (χ4v) is 3.32. The first kappa shape index (κ1) is 24.2. The molecule has 0 bridgehead atoms. The van der Waals surface area contributed by atoms with Crippen molar-refractivity contribution in [3.63, 3.8) is 0 Å². The fraction of sp³-hybridized carbons (Fsp3) is 0.381. The third-order valence-electron chi connectivity index (χ3n) is 4.66. The lowest BCUT2D eigenvalue weighted by atomic mass is 10.1. The van der Waals surface area contributed by atoms with Crippen molar-refractivity contribution in [3.8, 4) is 0 Å². The highest BCUT2D eigenvalue weighted by Gasteiger charge is 2.26. The number of rotatable bonds is 9. The van der Waals surface area contributed by atoms with Crippen molar-refractivity contribution in [2.45, 2.75) is 18.9 Å². The van der Waals surface area contributed by atoms with Crippen molar-refractivity contribution < 1.29 is 24.5 Å². The maximum absolute atomic E-state index is 12.8. The van der Waals surface area contributed by atoms with Crippen LogP contribution in [0.5, 0.6) is 0 Å². The summed E-state index contributed by atoms with van der Waals surface area (Å²) < 4.78 is 11.2. The molecule has 1 unspecified atom stereocenters. The SMILES string of the molecule is CO/C(I)=C/C=C(\C=C\O)N1CCN(C(=O)C[C@@H](OC(N)O)c2ccccc2)CC1. The number of aliphatic hydroxyl groups is 2. The minimum atomic E-state index is -1.46. The van der Waals surface area contributed by atoms with E-state index in [4.69, 9.17) is 15.2 Å². The van der Waals surface area contributed by atoms with Crippen LogP contribution in [0.3, 0.4) is 0 Å². The molecule has 0 radical (unpaired) electrons. The molecule has 1 heterocycles. The van der Waals surface area contributed by atoms with E-state index in [9.17, 15) is 15.0 Å². The van der Waals surface area contributed by atoms with Crippen molar-refractivity contribution in [3.05, 3.63) is 69.8 Å². The Morgan fingerprint density at radius 2 is 1.83 bits per heavy atom. The predicted molar refractivity (Wildman–Crippen MR) is 122 cm³/mol. The normalized spacial score (nSPS) is 17.9. The van der Waals surface area contributed by atoms with Gasteiger partial charge in [0.05, 0.1) is 25.9 Å². The number of halogens is 1. The Labute approximate surface area is 190 Å². The van der Waals surface area contributed by atoms with Crippen molar-refractivity contribution in [1.29, 1.82) is 0 Å². The van der Waals surface area contributed by atoms with Crippen LogP contribution in [0.4, 0.5) is 0 Å². The third-order valence-corrected chi connectivity index (χ3v) is 5.46. The number of amides is 1. The van der Waals surface area contributed by atoms with Gasteiger partial charge >= 0.3 is 0 Å². The number of carbonyl (C=O) groups is 1. The molecule has 2 rings (SSSR count). The number of piperazine rings is 1. The van der Waals surface area contributed by atoms with E-state index in [1.165, 1.54) is 0 Å². The minimum Gasteiger partial charge on any atom is -0.516 e. The maximum Gasteiger partial charge on any atom is 0.225 e. The zero-order valence-corrected chi connectivity index (χ0v) is 19.0. The summed E-state index contributed by atoms with van der Waals surface area (Å²) >= 11 is 2.07. The summed E-state index contributed by atoms with van der Waals surface area (Å²) in [6.07, 6.45) is 4.29. The summed E-state index contributed by atoms with van der Waals surface area (Å²) in [5.74, 6) is -0.0683. The molecule has 9 heteroatoms. The first-order valence-electron chi connectivity index (χ1n) is 9.53. The van der Waals surface area contributed by atoms with Gasteiger partial charge in [0.25, 0.3) is 0 Å². The fourth-order valence-electron chi connectivity index (χ4n) is 3.14. The van der Waals surface area contributed by atoms with Crippen LogP contribution in [0.25, 0.3) is 0 Å². The third kappa shape index (κ3) is 7.63. The molecule has 1 amide bonds. The van der Waals surface area contributed by atoms with Crippen LogP contribution in [0.2, 0.25) is 0 Å². The molecule has 4 N–H and O–H groups in total. The van der Waals surface area contributed by atoms with E-state index in [2.05, 4.69) is 27.5 Å². The number of allylic oxidation sites excluding steroid dienone is 3. The van der Waals surface area contributed by atoms with E-state index in [0.717, 1.165) is 21.3 Å². The molecular formula is C21H28IN3O5. The van der Waals surface area contributed by atoms with Crippen LogP contribution in [0.15, 0.2) is 64.3 Å². The van der Waals surface area contributed by atoms with Gasteiger partial charge in [-0.2, -0.15) is 0 Å². The Balaban J connectivity index is 1.99. The number of carbonyl (C=O) groups excluding carboxylic acids is 1. The van der Waals surface area contributed by atoms with Crippen molar-refractivity contribution in [1.82, 2.24) is 9.80 Å². The first-order valence-corrected chi connectivity index (χ1v) is 10.6. The van der Waals surface area contributed by atoms with Gasteiger partial charge in [0.15, 0.2) is 3.77 Å². The molecule has 8 nitrogen and oxygen atoms in total. The molecule has 1 aliphatic heterocycles. The number of benzene rings is 1. The molecule has 1 aliphatic rings. The van der Waals surface area contributed by atoms with Gasteiger partial charge in [0.2, 0.25) is 12.3 Å². The second kappa shape index (κ2) is 12.6. The number of nitrogens with two attached hydrogens (primary N) is 1. The molecule has 30 heavy (non-hydrogen) atoms. The predicted octanol–water partition coefficient (Wildman–Crippen LogP) is 2.39. The summed E-state index contributed by atoms with van der Waals surface area (Å²) in [6.45, 7) is 2.31. The summed E-state index contributed by atoms with van der Waals surface area (Å²) in [5, 5.41) is 18.6. The Morgan fingerprint density at radius 3 is 2.40 bits per heavy atom. The maximum atomic E-state index is 12.8. The molecular weight excluding hydrogens is 501 g/mol. The highest BCUT2D eigenvalue weighted by atomic mass is 127. The lowest BCUT2D eigenvalue weighted by Crippen LogP contribution is -2.48. The van der Waals surface area contributed by atoms with Gasteiger partial charge in [0, 0.05) is 31.9 Å². The topological polar surface area (TPSA) is 108 Å². The lowest BCUT2D eigenvalue weighted by molar-refractivity contribution is -0.152. The summed E-state index contributed by atoms with van der Waals surface area (Å²) in [4.78, 5) is 16.7. The van der Waals surface area contributed by atoms with Gasteiger partial charge < -0.3 is 29.5 Å². The second-order valence-electron chi connectivity index (χ2n) is 6.58.